The Labute approximate surface area is 95.9 Å². The maximum atomic E-state index is 11.3. The number of thiophene rings is 1. The number of nitrogen functional groups attached to an aromatic ring is 1. The lowest BCUT2D eigenvalue weighted by Gasteiger charge is -1.94. The Bertz CT molecular complexity index is 510. The van der Waals surface area contributed by atoms with Crippen molar-refractivity contribution in [3.05, 3.63) is 29.4 Å². The summed E-state index contributed by atoms with van der Waals surface area (Å²) in [5.41, 5.74) is 6.10. The Morgan fingerprint density at radius 3 is 2.75 bits per heavy atom. The Morgan fingerprint density at radius 1 is 1.44 bits per heavy atom. The van der Waals surface area contributed by atoms with Gasteiger partial charge in [-0.15, -0.1) is 11.3 Å². The summed E-state index contributed by atoms with van der Waals surface area (Å²) >= 11 is 1.22. The number of carbonyl (C=O) groups excluding carboxylic acids is 1. The number of nitrogens with two attached hydrogens (primary N) is 1. The normalized spacial score (nSPS) is 10.1. The van der Waals surface area contributed by atoms with Crippen LogP contribution in [0.5, 0.6) is 0 Å². The van der Waals surface area contributed by atoms with E-state index in [4.69, 9.17) is 5.73 Å². The van der Waals surface area contributed by atoms with E-state index in [1.807, 2.05) is 0 Å². The fraction of sp³-hybridized carbons (Fsp3) is 0.100. The van der Waals surface area contributed by atoms with Gasteiger partial charge in [0, 0.05) is 12.4 Å². The van der Waals surface area contributed by atoms with Crippen LogP contribution in [0.3, 0.4) is 0 Å². The summed E-state index contributed by atoms with van der Waals surface area (Å²) < 4.78 is 4.62. The van der Waals surface area contributed by atoms with E-state index in [2.05, 4.69) is 14.7 Å². The molecule has 6 heteroatoms. The fourth-order valence-electron chi connectivity index (χ4n) is 1.19. The SMILES string of the molecule is COC(=O)c1sc(-c2ncccn2)cc1N. The van der Waals surface area contributed by atoms with Crippen LogP contribution >= 0.6 is 11.3 Å². The molecular formula is C10H9N3O2S. The number of nitrogens with zero attached hydrogens (tertiary/aromatic N) is 2. The van der Waals surface area contributed by atoms with Crippen LogP contribution in [0.15, 0.2) is 24.5 Å². The molecule has 0 aromatic carbocycles. The van der Waals surface area contributed by atoms with Gasteiger partial charge in [0.25, 0.3) is 0 Å². The summed E-state index contributed by atoms with van der Waals surface area (Å²) in [4.78, 5) is 20.6. The topological polar surface area (TPSA) is 78.1 Å². The maximum absolute atomic E-state index is 11.3. The molecule has 0 aliphatic rings. The summed E-state index contributed by atoms with van der Waals surface area (Å²) in [5.74, 6) is 0.110. The molecule has 5 nitrogen and oxygen atoms in total. The molecule has 82 valence electrons. The number of hydrogen-bond acceptors (Lipinski definition) is 6. The Kier molecular flexibility index (Phi) is 2.82. The van der Waals surface area contributed by atoms with Crippen LogP contribution in [0.25, 0.3) is 10.7 Å². The van der Waals surface area contributed by atoms with Gasteiger partial charge in [0.1, 0.15) is 4.88 Å². The molecule has 0 spiro atoms. The summed E-state index contributed by atoms with van der Waals surface area (Å²) in [5, 5.41) is 0. The molecule has 0 atom stereocenters. The Morgan fingerprint density at radius 2 is 2.12 bits per heavy atom. The molecule has 0 saturated carbocycles. The minimum Gasteiger partial charge on any atom is -0.465 e. The molecule has 2 rings (SSSR count). The lowest BCUT2D eigenvalue weighted by Crippen LogP contribution is -2.00. The van der Waals surface area contributed by atoms with Gasteiger partial charge in [-0.2, -0.15) is 0 Å². The summed E-state index contributed by atoms with van der Waals surface area (Å²) in [6, 6.07) is 3.40. The van der Waals surface area contributed by atoms with Crippen LogP contribution in [0.2, 0.25) is 0 Å². The molecule has 2 aromatic heterocycles. The van der Waals surface area contributed by atoms with Gasteiger partial charge in [0.15, 0.2) is 5.82 Å². The summed E-state index contributed by atoms with van der Waals surface area (Å²) in [7, 11) is 1.32. The molecule has 16 heavy (non-hydrogen) atoms. The smallest absolute Gasteiger partial charge is 0.350 e. The van der Waals surface area contributed by atoms with E-state index in [1.54, 1.807) is 24.5 Å². The minimum atomic E-state index is -0.440. The van der Waals surface area contributed by atoms with Crippen LogP contribution in [0.4, 0.5) is 5.69 Å². The quantitative estimate of drug-likeness (QED) is 0.799. The number of anilines is 1. The van der Waals surface area contributed by atoms with Gasteiger partial charge in [-0.3, -0.25) is 0 Å². The Balaban J connectivity index is 2.42. The molecule has 2 heterocycles. The predicted molar refractivity (Wildman–Crippen MR) is 61.1 cm³/mol. The number of aromatic nitrogens is 2. The summed E-state index contributed by atoms with van der Waals surface area (Å²) in [6.45, 7) is 0. The second-order valence-electron chi connectivity index (χ2n) is 2.96. The van der Waals surface area contributed by atoms with E-state index in [9.17, 15) is 4.79 Å². The van der Waals surface area contributed by atoms with Gasteiger partial charge in [-0.05, 0) is 12.1 Å². The van der Waals surface area contributed by atoms with Crippen molar-refractivity contribution in [2.75, 3.05) is 12.8 Å². The first kappa shape index (κ1) is 10.6. The molecule has 0 bridgehead atoms. The molecule has 0 saturated heterocycles. The van der Waals surface area contributed by atoms with Crippen molar-refractivity contribution in [2.45, 2.75) is 0 Å². The first-order valence-electron chi connectivity index (χ1n) is 4.47. The van der Waals surface area contributed by atoms with Crippen LogP contribution in [0, 0.1) is 0 Å². The first-order valence-corrected chi connectivity index (χ1v) is 5.29. The number of carbonyl (C=O) groups is 1. The van der Waals surface area contributed by atoms with Gasteiger partial charge < -0.3 is 10.5 Å². The minimum absolute atomic E-state index is 0.380. The van der Waals surface area contributed by atoms with Gasteiger partial charge >= 0.3 is 5.97 Å². The molecule has 2 aromatic rings. The maximum Gasteiger partial charge on any atom is 0.350 e. The number of rotatable bonds is 2. The standard InChI is InChI=1S/C10H9N3O2S/c1-15-10(14)8-6(11)5-7(16-8)9-12-3-2-4-13-9/h2-5H,11H2,1H3. The number of esters is 1. The van der Waals surface area contributed by atoms with Gasteiger partial charge in [-0.25, -0.2) is 14.8 Å². The number of methoxy groups -OCH3 is 1. The average molecular weight is 235 g/mol. The zero-order valence-electron chi connectivity index (χ0n) is 8.51. The molecule has 2 N–H and O–H groups in total. The van der Waals surface area contributed by atoms with E-state index in [0.717, 1.165) is 4.88 Å². The molecular weight excluding hydrogens is 226 g/mol. The predicted octanol–water partition coefficient (Wildman–Crippen LogP) is 1.57. The van der Waals surface area contributed by atoms with Gasteiger partial charge in [-0.1, -0.05) is 0 Å². The number of ether oxygens (including phenoxy) is 1. The van der Waals surface area contributed by atoms with Crippen LogP contribution < -0.4 is 5.73 Å². The average Bonchev–Trinajstić information content (AvgIpc) is 2.71. The van der Waals surface area contributed by atoms with E-state index in [1.165, 1.54) is 18.4 Å². The van der Waals surface area contributed by atoms with Gasteiger partial charge in [0.2, 0.25) is 0 Å². The second-order valence-corrected chi connectivity index (χ2v) is 4.01. The zero-order valence-corrected chi connectivity index (χ0v) is 9.32. The van der Waals surface area contributed by atoms with Crippen molar-refractivity contribution in [3.8, 4) is 10.7 Å². The van der Waals surface area contributed by atoms with Crippen molar-refractivity contribution in [1.29, 1.82) is 0 Å². The highest BCUT2D eigenvalue weighted by Crippen LogP contribution is 2.31. The van der Waals surface area contributed by atoms with E-state index >= 15 is 0 Å². The van der Waals surface area contributed by atoms with E-state index < -0.39 is 5.97 Å². The van der Waals surface area contributed by atoms with Crippen molar-refractivity contribution in [2.24, 2.45) is 0 Å². The fourth-order valence-corrected chi connectivity index (χ4v) is 2.14. The van der Waals surface area contributed by atoms with Crippen LogP contribution in [0.1, 0.15) is 9.67 Å². The van der Waals surface area contributed by atoms with Gasteiger partial charge in [0.05, 0.1) is 17.7 Å². The third-order valence-electron chi connectivity index (χ3n) is 1.92. The van der Waals surface area contributed by atoms with Crippen molar-refractivity contribution < 1.29 is 9.53 Å². The molecule has 0 amide bonds. The third-order valence-corrected chi connectivity index (χ3v) is 3.04. The third kappa shape index (κ3) is 1.87. The van der Waals surface area contributed by atoms with Crippen LogP contribution in [-0.2, 0) is 4.74 Å². The highest BCUT2D eigenvalue weighted by atomic mass is 32.1. The van der Waals surface area contributed by atoms with Crippen molar-refractivity contribution in [3.63, 3.8) is 0 Å². The van der Waals surface area contributed by atoms with E-state index in [-0.39, 0.29) is 0 Å². The molecule has 0 aliphatic heterocycles. The van der Waals surface area contributed by atoms with E-state index in [0.29, 0.717) is 16.4 Å². The molecule has 0 fully saturated rings. The van der Waals surface area contributed by atoms with Crippen LogP contribution in [-0.4, -0.2) is 23.0 Å². The number of hydrogen-bond donors (Lipinski definition) is 1. The lowest BCUT2D eigenvalue weighted by molar-refractivity contribution is 0.0607. The zero-order chi connectivity index (χ0) is 11.5. The van der Waals surface area contributed by atoms with Crippen molar-refractivity contribution >= 4 is 23.0 Å². The largest absolute Gasteiger partial charge is 0.465 e. The second kappa shape index (κ2) is 4.28. The first-order chi connectivity index (χ1) is 7.72. The van der Waals surface area contributed by atoms with Crippen molar-refractivity contribution in [1.82, 2.24) is 9.97 Å². The lowest BCUT2D eigenvalue weighted by atomic mass is 10.3. The monoisotopic (exact) mass is 235 g/mol. The molecule has 0 radical (unpaired) electrons. The molecule has 0 unspecified atom stereocenters. The highest BCUT2D eigenvalue weighted by Gasteiger charge is 2.16. The Hall–Kier alpha value is -1.95. The molecule has 0 aliphatic carbocycles. The summed E-state index contributed by atoms with van der Waals surface area (Å²) in [6.07, 6.45) is 3.27. The highest BCUT2D eigenvalue weighted by molar-refractivity contribution is 7.17.